The van der Waals surface area contributed by atoms with E-state index < -0.39 is 12.1 Å². The van der Waals surface area contributed by atoms with Gasteiger partial charge in [0.25, 0.3) is 0 Å². The van der Waals surface area contributed by atoms with E-state index in [9.17, 15) is 14.4 Å². The van der Waals surface area contributed by atoms with Crippen molar-refractivity contribution in [3.05, 3.63) is 54.6 Å². The lowest BCUT2D eigenvalue weighted by molar-refractivity contribution is -0.118. The van der Waals surface area contributed by atoms with Crippen LogP contribution in [0.1, 0.15) is 19.8 Å². The molecule has 7 heteroatoms. The van der Waals surface area contributed by atoms with Crippen molar-refractivity contribution < 1.29 is 14.4 Å². The second kappa shape index (κ2) is 8.35. The minimum atomic E-state index is -0.731. The number of carbonyl (C=O) groups is 3. The minimum Gasteiger partial charge on any atom is -0.326 e. The third kappa shape index (κ3) is 4.84. The maximum Gasteiger partial charge on any atom is 0.319 e. The summed E-state index contributed by atoms with van der Waals surface area (Å²) in [6.45, 7) is 2.29. The predicted molar refractivity (Wildman–Crippen MR) is 105 cm³/mol. The Hall–Kier alpha value is -3.35. The van der Waals surface area contributed by atoms with Gasteiger partial charge in [0.15, 0.2) is 0 Å². The summed E-state index contributed by atoms with van der Waals surface area (Å²) in [6.07, 6.45) is 1.39. The first-order valence-corrected chi connectivity index (χ1v) is 8.87. The molecule has 1 heterocycles. The molecule has 0 bridgehead atoms. The second-order valence-electron chi connectivity index (χ2n) is 6.37. The number of hydrogen-bond acceptors (Lipinski definition) is 3. The fourth-order valence-corrected chi connectivity index (χ4v) is 2.87. The highest BCUT2D eigenvalue weighted by Crippen LogP contribution is 2.24. The molecule has 2 aromatic rings. The predicted octanol–water partition coefficient (Wildman–Crippen LogP) is 2.96. The molecule has 7 nitrogen and oxygen atoms in total. The van der Waals surface area contributed by atoms with E-state index in [-0.39, 0.29) is 11.8 Å². The summed E-state index contributed by atoms with van der Waals surface area (Å²) in [5.41, 5.74) is 1.98. The molecule has 1 aliphatic heterocycles. The van der Waals surface area contributed by atoms with Gasteiger partial charge in [-0.1, -0.05) is 24.3 Å². The number of nitrogens with zero attached hydrogens (tertiary/aromatic N) is 1. The zero-order valence-corrected chi connectivity index (χ0v) is 15.1. The van der Waals surface area contributed by atoms with E-state index in [1.54, 1.807) is 42.2 Å². The number of benzene rings is 2. The lowest BCUT2D eigenvalue weighted by Crippen LogP contribution is -2.43. The van der Waals surface area contributed by atoms with E-state index >= 15 is 0 Å². The summed E-state index contributed by atoms with van der Waals surface area (Å²) >= 11 is 0. The highest BCUT2D eigenvalue weighted by molar-refractivity contribution is 6.00. The Morgan fingerprint density at radius 3 is 2.44 bits per heavy atom. The third-order valence-electron chi connectivity index (χ3n) is 4.27. The standard InChI is InChI=1S/C20H22N4O3/c1-14(21-20(27)23-15-7-3-2-4-8-15)19(26)22-16-9-5-10-17(13-16)24-12-6-11-18(24)25/h2-5,7-10,13-14H,6,11-12H2,1H3,(H,22,26)(H2,21,23,27). The van der Waals surface area contributed by atoms with Crippen LogP contribution in [-0.2, 0) is 9.59 Å². The van der Waals surface area contributed by atoms with Crippen LogP contribution in [0.15, 0.2) is 54.6 Å². The topological polar surface area (TPSA) is 90.5 Å². The fraction of sp³-hybridized carbons (Fsp3) is 0.250. The number of nitrogens with one attached hydrogen (secondary N) is 3. The van der Waals surface area contributed by atoms with Gasteiger partial charge >= 0.3 is 6.03 Å². The number of rotatable bonds is 5. The van der Waals surface area contributed by atoms with Crippen LogP contribution in [0.25, 0.3) is 0 Å². The van der Waals surface area contributed by atoms with Crippen molar-refractivity contribution in [3.63, 3.8) is 0 Å². The minimum absolute atomic E-state index is 0.0890. The van der Waals surface area contributed by atoms with E-state index in [1.807, 2.05) is 24.3 Å². The largest absolute Gasteiger partial charge is 0.326 e. The van der Waals surface area contributed by atoms with Crippen molar-refractivity contribution in [2.75, 3.05) is 22.1 Å². The first kappa shape index (κ1) is 18.4. The average Bonchev–Trinajstić information content (AvgIpc) is 3.08. The number of para-hydroxylation sites is 1. The van der Waals surface area contributed by atoms with Crippen LogP contribution < -0.4 is 20.9 Å². The zero-order chi connectivity index (χ0) is 19.2. The number of hydrogen-bond donors (Lipinski definition) is 3. The van der Waals surface area contributed by atoms with Gasteiger partial charge in [0.1, 0.15) is 6.04 Å². The Balaban J connectivity index is 1.56. The summed E-state index contributed by atoms with van der Waals surface area (Å²) in [5.74, 6) is -0.255. The van der Waals surface area contributed by atoms with Crippen LogP contribution in [-0.4, -0.2) is 30.4 Å². The zero-order valence-electron chi connectivity index (χ0n) is 15.1. The normalized spacial score (nSPS) is 14.6. The molecular weight excluding hydrogens is 344 g/mol. The molecule has 1 atom stereocenters. The molecule has 1 aliphatic rings. The number of carbonyl (C=O) groups excluding carboxylic acids is 3. The maximum atomic E-state index is 12.4. The molecule has 0 aromatic heterocycles. The van der Waals surface area contributed by atoms with Crippen LogP contribution in [0.3, 0.4) is 0 Å². The molecule has 27 heavy (non-hydrogen) atoms. The average molecular weight is 366 g/mol. The van der Waals surface area contributed by atoms with Gasteiger partial charge in [-0.25, -0.2) is 4.79 Å². The monoisotopic (exact) mass is 366 g/mol. The molecular formula is C20H22N4O3. The highest BCUT2D eigenvalue weighted by atomic mass is 16.2. The Morgan fingerprint density at radius 2 is 1.74 bits per heavy atom. The van der Waals surface area contributed by atoms with Gasteiger partial charge in [-0.2, -0.15) is 0 Å². The molecule has 0 saturated carbocycles. The summed E-state index contributed by atoms with van der Waals surface area (Å²) in [4.78, 5) is 37.9. The van der Waals surface area contributed by atoms with Gasteiger partial charge in [0.2, 0.25) is 11.8 Å². The van der Waals surface area contributed by atoms with Crippen molar-refractivity contribution in [2.24, 2.45) is 0 Å². The molecule has 0 spiro atoms. The molecule has 1 unspecified atom stereocenters. The first-order chi connectivity index (χ1) is 13.0. The van der Waals surface area contributed by atoms with Crippen molar-refractivity contribution in [1.82, 2.24) is 5.32 Å². The molecule has 3 N–H and O–H groups in total. The highest BCUT2D eigenvalue weighted by Gasteiger charge is 2.22. The summed E-state index contributed by atoms with van der Waals surface area (Å²) in [5, 5.41) is 8.04. The SMILES string of the molecule is CC(NC(=O)Nc1ccccc1)C(=O)Nc1cccc(N2CCCC2=O)c1. The Morgan fingerprint density at radius 1 is 1.00 bits per heavy atom. The number of amides is 4. The van der Waals surface area contributed by atoms with Crippen LogP contribution >= 0.6 is 0 Å². The molecule has 1 saturated heterocycles. The second-order valence-corrected chi connectivity index (χ2v) is 6.37. The van der Waals surface area contributed by atoms with Gasteiger partial charge < -0.3 is 20.9 Å². The van der Waals surface area contributed by atoms with Crippen molar-refractivity contribution >= 4 is 34.9 Å². The maximum absolute atomic E-state index is 12.4. The lowest BCUT2D eigenvalue weighted by Gasteiger charge is -2.18. The van der Waals surface area contributed by atoms with Crippen molar-refractivity contribution in [2.45, 2.75) is 25.8 Å². The fourth-order valence-electron chi connectivity index (χ4n) is 2.87. The molecule has 140 valence electrons. The Kier molecular flexibility index (Phi) is 5.71. The van der Waals surface area contributed by atoms with Gasteiger partial charge in [0.05, 0.1) is 0 Å². The Bertz CT molecular complexity index is 838. The first-order valence-electron chi connectivity index (χ1n) is 8.87. The van der Waals surface area contributed by atoms with Gasteiger partial charge in [-0.15, -0.1) is 0 Å². The lowest BCUT2D eigenvalue weighted by atomic mass is 10.2. The number of urea groups is 1. The van der Waals surface area contributed by atoms with Gasteiger partial charge in [0, 0.05) is 30.0 Å². The summed E-state index contributed by atoms with van der Waals surface area (Å²) < 4.78 is 0. The van der Waals surface area contributed by atoms with Crippen molar-refractivity contribution in [3.8, 4) is 0 Å². The number of anilines is 3. The van der Waals surface area contributed by atoms with Gasteiger partial charge in [-0.3, -0.25) is 9.59 Å². The van der Waals surface area contributed by atoms with E-state index in [0.717, 1.165) is 12.1 Å². The summed E-state index contributed by atoms with van der Waals surface area (Å²) in [7, 11) is 0. The quantitative estimate of drug-likeness (QED) is 0.760. The van der Waals surface area contributed by atoms with Crippen LogP contribution in [0.2, 0.25) is 0 Å². The van der Waals surface area contributed by atoms with Crippen LogP contribution in [0.5, 0.6) is 0 Å². The smallest absolute Gasteiger partial charge is 0.319 e. The van der Waals surface area contributed by atoms with Gasteiger partial charge in [-0.05, 0) is 43.7 Å². The Labute approximate surface area is 157 Å². The van der Waals surface area contributed by atoms with E-state index in [4.69, 9.17) is 0 Å². The summed E-state index contributed by atoms with van der Waals surface area (Å²) in [6, 6.07) is 14.9. The molecule has 2 aromatic carbocycles. The van der Waals surface area contributed by atoms with Crippen molar-refractivity contribution in [1.29, 1.82) is 0 Å². The molecule has 0 aliphatic carbocycles. The molecule has 4 amide bonds. The molecule has 3 rings (SSSR count). The van der Waals surface area contributed by atoms with E-state index in [0.29, 0.717) is 24.3 Å². The third-order valence-corrected chi connectivity index (χ3v) is 4.27. The van der Waals surface area contributed by atoms with Crippen LogP contribution in [0.4, 0.5) is 21.9 Å². The molecule has 0 radical (unpaired) electrons. The molecule has 1 fully saturated rings. The van der Waals surface area contributed by atoms with Crippen LogP contribution in [0, 0.1) is 0 Å². The van der Waals surface area contributed by atoms with E-state index in [2.05, 4.69) is 16.0 Å². The van der Waals surface area contributed by atoms with E-state index in [1.165, 1.54) is 0 Å².